The summed E-state index contributed by atoms with van der Waals surface area (Å²) < 4.78 is 37.9. The molecule has 0 unspecified atom stereocenters. The molecule has 1 aromatic heterocycles. The summed E-state index contributed by atoms with van der Waals surface area (Å²) in [4.78, 5) is 7.37. The largest absolute Gasteiger partial charge is 0.433 e. The van der Waals surface area contributed by atoms with Crippen LogP contribution < -0.4 is 10.6 Å². The highest BCUT2D eigenvalue weighted by molar-refractivity contribution is 5.42. The van der Waals surface area contributed by atoms with E-state index in [1.807, 2.05) is 0 Å². The average Bonchev–Trinajstić information content (AvgIpc) is 3.17. The maximum absolute atomic E-state index is 12.6. The number of halogens is 3. The van der Waals surface area contributed by atoms with E-state index < -0.39 is 11.9 Å². The normalized spacial score (nSPS) is 15.4. The molecule has 1 heterocycles. The van der Waals surface area contributed by atoms with E-state index in [0.717, 1.165) is 24.8 Å². The van der Waals surface area contributed by atoms with E-state index in [4.69, 9.17) is 0 Å². The second-order valence-corrected chi connectivity index (χ2v) is 4.72. The Morgan fingerprint density at radius 3 is 2.63 bits per heavy atom. The lowest BCUT2D eigenvalue weighted by Crippen LogP contribution is -2.13. The molecule has 7 heteroatoms. The molecule has 0 aliphatic heterocycles. The van der Waals surface area contributed by atoms with Crippen molar-refractivity contribution in [3.8, 4) is 0 Å². The summed E-state index contributed by atoms with van der Waals surface area (Å²) >= 11 is 0. The van der Waals surface area contributed by atoms with Crippen LogP contribution in [0.5, 0.6) is 0 Å². The lowest BCUT2D eigenvalue weighted by Gasteiger charge is -2.11. The fourth-order valence-electron chi connectivity index (χ4n) is 1.81. The molecule has 0 aromatic carbocycles. The standard InChI is InChI=1S/C12H17F3N4/c1-16-11-18-9(12(13,14)15)7-10(19-11)17-6-2-3-8-4-5-8/h7-8H,2-6H2,1H3,(H2,16,17,18,19). The van der Waals surface area contributed by atoms with E-state index in [9.17, 15) is 13.2 Å². The minimum atomic E-state index is -4.46. The predicted octanol–water partition coefficient (Wildman–Crippen LogP) is 3.14. The Morgan fingerprint density at radius 1 is 1.32 bits per heavy atom. The molecule has 1 aliphatic rings. The molecule has 0 amide bonds. The number of nitrogens with one attached hydrogen (secondary N) is 2. The van der Waals surface area contributed by atoms with Crippen LogP contribution in [0.15, 0.2) is 6.07 Å². The Labute approximate surface area is 109 Å². The van der Waals surface area contributed by atoms with Crippen LogP contribution >= 0.6 is 0 Å². The van der Waals surface area contributed by atoms with Crippen LogP contribution in [0.2, 0.25) is 0 Å². The first-order valence-corrected chi connectivity index (χ1v) is 6.37. The zero-order valence-corrected chi connectivity index (χ0v) is 10.7. The van der Waals surface area contributed by atoms with Crippen LogP contribution in [0.1, 0.15) is 31.4 Å². The SMILES string of the molecule is CNc1nc(NCCCC2CC2)cc(C(F)(F)F)n1. The van der Waals surface area contributed by atoms with Crippen molar-refractivity contribution in [1.82, 2.24) is 9.97 Å². The Morgan fingerprint density at radius 2 is 2.05 bits per heavy atom. The van der Waals surface area contributed by atoms with Gasteiger partial charge in [0.1, 0.15) is 5.82 Å². The number of hydrogen-bond donors (Lipinski definition) is 2. The Hall–Kier alpha value is -1.53. The van der Waals surface area contributed by atoms with E-state index in [1.165, 1.54) is 19.9 Å². The molecule has 2 rings (SSSR count). The predicted molar refractivity (Wildman–Crippen MR) is 67.0 cm³/mol. The molecular weight excluding hydrogens is 257 g/mol. The Kier molecular flexibility index (Phi) is 4.11. The van der Waals surface area contributed by atoms with Crippen molar-refractivity contribution >= 4 is 11.8 Å². The fraction of sp³-hybridized carbons (Fsp3) is 0.667. The third-order valence-corrected chi connectivity index (χ3v) is 3.03. The first-order valence-electron chi connectivity index (χ1n) is 6.37. The topological polar surface area (TPSA) is 49.8 Å². The summed E-state index contributed by atoms with van der Waals surface area (Å²) in [6.45, 7) is 0.633. The molecule has 1 aromatic rings. The summed E-state index contributed by atoms with van der Waals surface area (Å²) in [7, 11) is 1.49. The van der Waals surface area contributed by atoms with Crippen LogP contribution in [-0.4, -0.2) is 23.6 Å². The van der Waals surface area contributed by atoms with Crippen LogP contribution in [-0.2, 0) is 6.18 Å². The third-order valence-electron chi connectivity index (χ3n) is 3.03. The zero-order valence-electron chi connectivity index (χ0n) is 10.7. The first-order chi connectivity index (χ1) is 8.99. The van der Waals surface area contributed by atoms with Gasteiger partial charge in [-0.3, -0.25) is 0 Å². The molecule has 0 radical (unpaired) electrons. The van der Waals surface area contributed by atoms with Crippen molar-refractivity contribution in [3.63, 3.8) is 0 Å². The van der Waals surface area contributed by atoms with Crippen LogP contribution in [0.4, 0.5) is 24.9 Å². The minimum absolute atomic E-state index is 0.0282. The molecule has 1 fully saturated rings. The number of alkyl halides is 3. The molecule has 1 aliphatic carbocycles. The van der Waals surface area contributed by atoms with E-state index >= 15 is 0 Å². The summed E-state index contributed by atoms with van der Waals surface area (Å²) in [5.74, 6) is 1.01. The fourth-order valence-corrected chi connectivity index (χ4v) is 1.81. The van der Waals surface area contributed by atoms with Crippen molar-refractivity contribution in [2.45, 2.75) is 31.9 Å². The van der Waals surface area contributed by atoms with E-state index in [0.29, 0.717) is 6.54 Å². The summed E-state index contributed by atoms with van der Waals surface area (Å²) in [6, 6.07) is 0.942. The Balaban J connectivity index is 1.97. The van der Waals surface area contributed by atoms with Gasteiger partial charge in [0.25, 0.3) is 0 Å². The van der Waals surface area contributed by atoms with Crippen LogP contribution in [0.3, 0.4) is 0 Å². The molecule has 0 atom stereocenters. The van der Waals surface area contributed by atoms with E-state index in [1.54, 1.807) is 0 Å². The van der Waals surface area contributed by atoms with Gasteiger partial charge in [0.05, 0.1) is 0 Å². The number of rotatable bonds is 6. The monoisotopic (exact) mass is 274 g/mol. The minimum Gasteiger partial charge on any atom is -0.370 e. The third kappa shape index (κ3) is 4.25. The van der Waals surface area contributed by atoms with Gasteiger partial charge in [-0.25, -0.2) is 4.98 Å². The van der Waals surface area contributed by atoms with Gasteiger partial charge in [0.2, 0.25) is 5.95 Å². The molecule has 2 N–H and O–H groups in total. The lowest BCUT2D eigenvalue weighted by atomic mass is 10.2. The lowest BCUT2D eigenvalue weighted by molar-refractivity contribution is -0.141. The highest BCUT2D eigenvalue weighted by Crippen LogP contribution is 2.33. The second-order valence-electron chi connectivity index (χ2n) is 4.72. The van der Waals surface area contributed by atoms with E-state index in [2.05, 4.69) is 20.6 Å². The van der Waals surface area contributed by atoms with Gasteiger partial charge in [-0.05, 0) is 18.8 Å². The number of aromatic nitrogens is 2. The van der Waals surface area contributed by atoms with Crippen molar-refractivity contribution in [2.75, 3.05) is 24.2 Å². The van der Waals surface area contributed by atoms with Crippen molar-refractivity contribution in [2.24, 2.45) is 5.92 Å². The van der Waals surface area contributed by atoms with Gasteiger partial charge in [0, 0.05) is 19.7 Å². The molecule has 0 bridgehead atoms. The Bertz CT molecular complexity index is 429. The van der Waals surface area contributed by atoms with Gasteiger partial charge < -0.3 is 10.6 Å². The van der Waals surface area contributed by atoms with Gasteiger partial charge >= 0.3 is 6.18 Å². The zero-order chi connectivity index (χ0) is 13.9. The molecule has 1 saturated carbocycles. The van der Waals surface area contributed by atoms with Crippen molar-refractivity contribution in [1.29, 1.82) is 0 Å². The van der Waals surface area contributed by atoms with Crippen molar-refractivity contribution < 1.29 is 13.2 Å². The molecular formula is C12H17F3N4. The molecule has 106 valence electrons. The van der Waals surface area contributed by atoms with Gasteiger partial charge in [-0.1, -0.05) is 12.8 Å². The average molecular weight is 274 g/mol. The summed E-state index contributed by atoms with van der Waals surface area (Å²) in [6.07, 6.45) is 0.193. The van der Waals surface area contributed by atoms with Crippen LogP contribution in [0, 0.1) is 5.92 Å². The quantitative estimate of drug-likeness (QED) is 0.782. The smallest absolute Gasteiger partial charge is 0.370 e. The highest BCUT2D eigenvalue weighted by Gasteiger charge is 2.33. The highest BCUT2D eigenvalue weighted by atomic mass is 19.4. The van der Waals surface area contributed by atoms with Gasteiger partial charge in [-0.15, -0.1) is 0 Å². The van der Waals surface area contributed by atoms with Crippen molar-refractivity contribution in [3.05, 3.63) is 11.8 Å². The molecule has 19 heavy (non-hydrogen) atoms. The maximum Gasteiger partial charge on any atom is 0.433 e. The van der Waals surface area contributed by atoms with E-state index in [-0.39, 0.29) is 11.8 Å². The molecule has 4 nitrogen and oxygen atoms in total. The maximum atomic E-state index is 12.6. The number of anilines is 2. The first kappa shape index (κ1) is 13.9. The molecule has 0 saturated heterocycles. The summed E-state index contributed by atoms with van der Waals surface area (Å²) in [5.41, 5.74) is -0.934. The summed E-state index contributed by atoms with van der Waals surface area (Å²) in [5, 5.41) is 5.46. The van der Waals surface area contributed by atoms with Crippen LogP contribution in [0.25, 0.3) is 0 Å². The van der Waals surface area contributed by atoms with Gasteiger partial charge in [0.15, 0.2) is 5.69 Å². The second kappa shape index (κ2) is 5.63. The van der Waals surface area contributed by atoms with Gasteiger partial charge in [-0.2, -0.15) is 18.2 Å². The number of hydrogen-bond acceptors (Lipinski definition) is 4. The molecule has 0 spiro atoms. The number of nitrogens with zero attached hydrogens (tertiary/aromatic N) is 2.